The van der Waals surface area contributed by atoms with Crippen molar-refractivity contribution >= 4 is 27.5 Å². The van der Waals surface area contributed by atoms with Crippen LogP contribution in [0.15, 0.2) is 59.5 Å². The number of benzene rings is 2. The fourth-order valence-electron chi connectivity index (χ4n) is 3.01. The molecular weight excluding hydrogens is 406 g/mol. The number of nitrogens with one attached hydrogen (secondary N) is 1. The first-order valence-corrected chi connectivity index (χ1v) is 10.7. The Kier molecular flexibility index (Phi) is 6.02. The molecule has 1 aromatic heterocycles. The van der Waals surface area contributed by atoms with Crippen molar-refractivity contribution in [2.75, 3.05) is 4.72 Å². The number of hydrogen-bond donors (Lipinski definition) is 2. The van der Waals surface area contributed by atoms with Crippen LogP contribution in [0.3, 0.4) is 0 Å². The number of Topliss-reactive ketones (excluding diaryl/α,β-unsaturated/α-hetero) is 1. The van der Waals surface area contributed by atoms with Gasteiger partial charge in [-0.2, -0.15) is 5.10 Å². The van der Waals surface area contributed by atoms with E-state index in [0.717, 1.165) is 11.4 Å². The lowest BCUT2D eigenvalue weighted by atomic mass is 10.1. The Hall–Kier alpha value is -3.46. The number of para-hydroxylation sites is 2. The maximum atomic E-state index is 12.9. The first kappa shape index (κ1) is 21.3. The van der Waals surface area contributed by atoms with E-state index in [2.05, 4.69) is 9.82 Å². The topological polar surface area (TPSA) is 118 Å². The monoisotopic (exact) mass is 427 g/mol. The molecule has 1 heterocycles. The van der Waals surface area contributed by atoms with Gasteiger partial charge in [0, 0.05) is 17.7 Å². The van der Waals surface area contributed by atoms with Crippen molar-refractivity contribution < 1.29 is 23.1 Å². The third kappa shape index (κ3) is 4.74. The second-order valence-electron chi connectivity index (χ2n) is 6.80. The van der Waals surface area contributed by atoms with Crippen LogP contribution in [0.1, 0.15) is 34.6 Å². The Morgan fingerprint density at radius 2 is 1.70 bits per heavy atom. The van der Waals surface area contributed by atoms with Crippen LogP contribution in [0.5, 0.6) is 0 Å². The number of rotatable bonds is 8. The van der Waals surface area contributed by atoms with Gasteiger partial charge in [-0.05, 0) is 44.2 Å². The Bertz CT molecular complexity index is 1200. The van der Waals surface area contributed by atoms with Crippen LogP contribution in [0.4, 0.5) is 5.69 Å². The fraction of sp³-hybridized carbons (Fsp3) is 0.190. The lowest BCUT2D eigenvalue weighted by Crippen LogP contribution is -2.15. The van der Waals surface area contributed by atoms with Gasteiger partial charge in [0.1, 0.15) is 0 Å². The number of hydrogen-bond acceptors (Lipinski definition) is 5. The van der Waals surface area contributed by atoms with Gasteiger partial charge in [0.15, 0.2) is 5.78 Å². The average Bonchev–Trinajstić information content (AvgIpc) is 3.04. The lowest BCUT2D eigenvalue weighted by Gasteiger charge is -2.14. The number of carboxylic acids is 1. The molecule has 0 unspecified atom stereocenters. The molecule has 0 bridgehead atoms. The minimum Gasteiger partial charge on any atom is -0.481 e. The molecule has 0 saturated heterocycles. The number of carbonyl (C=O) groups is 2. The van der Waals surface area contributed by atoms with E-state index in [1.807, 2.05) is 19.9 Å². The molecule has 0 amide bonds. The minimum absolute atomic E-state index is 0.0135. The number of nitrogens with zero attached hydrogens (tertiary/aromatic N) is 2. The van der Waals surface area contributed by atoms with Gasteiger partial charge in [0.05, 0.1) is 28.4 Å². The zero-order valence-corrected chi connectivity index (χ0v) is 17.3. The summed E-state index contributed by atoms with van der Waals surface area (Å²) in [4.78, 5) is 22.6. The summed E-state index contributed by atoms with van der Waals surface area (Å²) in [6, 6.07) is 14.2. The van der Waals surface area contributed by atoms with Crippen molar-refractivity contribution in [3.05, 3.63) is 71.5 Å². The standard InChI is InChI=1S/C21H21N3O5S/c1-14-13-15(2)24(22-14)19-6-4-3-5-18(19)23-30(28,29)17-9-7-16(8-10-17)20(25)11-12-21(26)27/h3-10,13,23H,11-12H2,1-2H3,(H,26,27). The Labute approximate surface area is 174 Å². The second kappa shape index (κ2) is 8.50. The SMILES string of the molecule is Cc1cc(C)n(-c2ccccc2NS(=O)(=O)c2ccc(C(=O)CCC(=O)O)cc2)n1. The molecule has 156 valence electrons. The van der Waals surface area contributed by atoms with Gasteiger partial charge < -0.3 is 5.11 Å². The molecule has 0 fully saturated rings. The Balaban J connectivity index is 1.85. The number of ketones is 1. The summed E-state index contributed by atoms with van der Waals surface area (Å²) in [6.07, 6.45) is -0.417. The smallest absolute Gasteiger partial charge is 0.303 e. The van der Waals surface area contributed by atoms with Crippen LogP contribution in [-0.4, -0.2) is 35.1 Å². The highest BCUT2D eigenvalue weighted by molar-refractivity contribution is 7.92. The van der Waals surface area contributed by atoms with E-state index < -0.39 is 16.0 Å². The molecule has 0 saturated carbocycles. The molecule has 0 radical (unpaired) electrons. The molecule has 0 aliphatic heterocycles. The van der Waals surface area contributed by atoms with Gasteiger partial charge in [-0.1, -0.05) is 24.3 Å². The first-order valence-electron chi connectivity index (χ1n) is 9.18. The van der Waals surface area contributed by atoms with E-state index >= 15 is 0 Å². The fourth-order valence-corrected chi connectivity index (χ4v) is 4.08. The summed E-state index contributed by atoms with van der Waals surface area (Å²) in [5, 5.41) is 13.1. The molecule has 0 atom stereocenters. The van der Waals surface area contributed by atoms with Crippen molar-refractivity contribution in [3.63, 3.8) is 0 Å². The number of aryl methyl sites for hydroxylation is 2. The van der Waals surface area contributed by atoms with E-state index in [9.17, 15) is 18.0 Å². The molecular formula is C21H21N3O5S. The summed E-state index contributed by atoms with van der Waals surface area (Å²) in [5.74, 6) is -1.42. The highest BCUT2D eigenvalue weighted by Crippen LogP contribution is 2.25. The molecule has 8 nitrogen and oxygen atoms in total. The van der Waals surface area contributed by atoms with Crippen molar-refractivity contribution in [1.29, 1.82) is 0 Å². The second-order valence-corrected chi connectivity index (χ2v) is 8.49. The maximum Gasteiger partial charge on any atom is 0.303 e. The summed E-state index contributed by atoms with van der Waals surface area (Å²) in [7, 11) is -3.91. The van der Waals surface area contributed by atoms with Gasteiger partial charge >= 0.3 is 5.97 Å². The number of carboxylic acid groups (broad SMARTS) is 1. The van der Waals surface area contributed by atoms with Gasteiger partial charge in [-0.3, -0.25) is 14.3 Å². The molecule has 3 aromatic rings. The molecule has 2 N–H and O–H groups in total. The molecule has 0 spiro atoms. The van der Waals surface area contributed by atoms with E-state index in [1.165, 1.54) is 24.3 Å². The van der Waals surface area contributed by atoms with Crippen LogP contribution in [0.2, 0.25) is 0 Å². The predicted molar refractivity (Wildman–Crippen MR) is 111 cm³/mol. The molecule has 9 heteroatoms. The summed E-state index contributed by atoms with van der Waals surface area (Å²) >= 11 is 0. The number of sulfonamides is 1. The molecule has 0 aliphatic rings. The normalized spacial score (nSPS) is 11.3. The van der Waals surface area contributed by atoms with Crippen LogP contribution in [0.25, 0.3) is 5.69 Å². The average molecular weight is 427 g/mol. The summed E-state index contributed by atoms with van der Waals surface area (Å²) < 4.78 is 30.0. The van der Waals surface area contributed by atoms with Crippen LogP contribution in [-0.2, 0) is 14.8 Å². The molecule has 30 heavy (non-hydrogen) atoms. The van der Waals surface area contributed by atoms with Gasteiger partial charge in [0.25, 0.3) is 10.0 Å². The van der Waals surface area contributed by atoms with Crippen molar-refractivity contribution in [3.8, 4) is 5.69 Å². The van der Waals surface area contributed by atoms with E-state index in [4.69, 9.17) is 5.11 Å². The third-order valence-corrected chi connectivity index (χ3v) is 5.82. The zero-order chi connectivity index (χ0) is 21.9. The largest absolute Gasteiger partial charge is 0.481 e. The maximum absolute atomic E-state index is 12.9. The predicted octanol–water partition coefficient (Wildman–Crippen LogP) is 3.34. The quantitative estimate of drug-likeness (QED) is 0.532. The number of anilines is 1. The van der Waals surface area contributed by atoms with Crippen LogP contribution < -0.4 is 4.72 Å². The number of aromatic nitrogens is 2. The summed E-state index contributed by atoms with van der Waals surface area (Å²) in [6.45, 7) is 3.74. The van der Waals surface area contributed by atoms with E-state index in [-0.39, 0.29) is 29.1 Å². The highest BCUT2D eigenvalue weighted by Gasteiger charge is 2.18. The van der Waals surface area contributed by atoms with Crippen LogP contribution >= 0.6 is 0 Å². The third-order valence-electron chi connectivity index (χ3n) is 4.44. The molecule has 3 rings (SSSR count). The van der Waals surface area contributed by atoms with Gasteiger partial charge in [-0.25, -0.2) is 13.1 Å². The van der Waals surface area contributed by atoms with Crippen molar-refractivity contribution in [2.45, 2.75) is 31.6 Å². The van der Waals surface area contributed by atoms with E-state index in [0.29, 0.717) is 11.4 Å². The Morgan fingerprint density at radius 1 is 1.03 bits per heavy atom. The lowest BCUT2D eigenvalue weighted by molar-refractivity contribution is -0.136. The van der Waals surface area contributed by atoms with Crippen molar-refractivity contribution in [1.82, 2.24) is 9.78 Å². The minimum atomic E-state index is -3.91. The number of carbonyl (C=O) groups excluding carboxylic acids is 1. The summed E-state index contributed by atoms with van der Waals surface area (Å²) in [5.41, 5.74) is 2.90. The van der Waals surface area contributed by atoms with E-state index in [1.54, 1.807) is 28.9 Å². The molecule has 0 aliphatic carbocycles. The van der Waals surface area contributed by atoms with Gasteiger partial charge in [0.2, 0.25) is 0 Å². The Morgan fingerprint density at radius 3 is 2.30 bits per heavy atom. The van der Waals surface area contributed by atoms with Crippen LogP contribution in [0, 0.1) is 13.8 Å². The van der Waals surface area contributed by atoms with Crippen molar-refractivity contribution in [2.24, 2.45) is 0 Å². The van der Waals surface area contributed by atoms with Gasteiger partial charge in [-0.15, -0.1) is 0 Å². The zero-order valence-electron chi connectivity index (χ0n) is 16.5. The first-order chi connectivity index (χ1) is 14.2. The molecule has 2 aromatic carbocycles. The highest BCUT2D eigenvalue weighted by atomic mass is 32.2. The number of aliphatic carboxylic acids is 1.